The van der Waals surface area contributed by atoms with Gasteiger partial charge in [0.05, 0.1) is 20.4 Å². The van der Waals surface area contributed by atoms with Crippen molar-refractivity contribution in [1.29, 1.82) is 0 Å². The average Bonchev–Trinajstić information content (AvgIpc) is 3.04. The molecule has 3 aromatic rings. The van der Waals surface area contributed by atoms with Crippen molar-refractivity contribution in [3.05, 3.63) is 59.8 Å². The van der Waals surface area contributed by atoms with Crippen molar-refractivity contribution in [2.45, 2.75) is 0 Å². The minimum atomic E-state index is -0.327. The van der Waals surface area contributed by atoms with Crippen LogP contribution in [0.2, 0.25) is 0 Å². The molecule has 6 heteroatoms. The summed E-state index contributed by atoms with van der Waals surface area (Å²) in [6, 6.07) is 12.8. The highest BCUT2D eigenvalue weighted by Gasteiger charge is 2.10. The maximum absolute atomic E-state index is 12.2. The molecule has 0 radical (unpaired) electrons. The van der Waals surface area contributed by atoms with E-state index in [2.05, 4.69) is 15.5 Å². The van der Waals surface area contributed by atoms with E-state index in [4.69, 9.17) is 9.47 Å². The summed E-state index contributed by atoms with van der Waals surface area (Å²) in [7, 11) is 3.07. The summed E-state index contributed by atoms with van der Waals surface area (Å²) in [4.78, 5) is 15.3. The van der Waals surface area contributed by atoms with E-state index in [1.165, 1.54) is 7.11 Å². The molecule has 2 aromatic carbocycles. The number of carbonyl (C=O) groups is 1. The minimum Gasteiger partial charge on any atom is -0.493 e. The molecule has 0 unspecified atom stereocenters. The Balaban J connectivity index is 1.73. The molecule has 1 aromatic heterocycles. The number of aromatic amines is 1. The number of nitrogens with one attached hydrogen (secondary N) is 2. The first kappa shape index (κ1) is 15.6. The summed E-state index contributed by atoms with van der Waals surface area (Å²) < 4.78 is 10.3. The zero-order chi connectivity index (χ0) is 16.9. The average molecular weight is 323 g/mol. The van der Waals surface area contributed by atoms with Gasteiger partial charge < -0.3 is 14.5 Å². The smallest absolute Gasteiger partial charge is 0.271 e. The van der Waals surface area contributed by atoms with Crippen molar-refractivity contribution in [1.82, 2.24) is 10.4 Å². The topological polar surface area (TPSA) is 75.7 Å². The van der Waals surface area contributed by atoms with Crippen LogP contribution >= 0.6 is 0 Å². The molecule has 0 bridgehead atoms. The van der Waals surface area contributed by atoms with Crippen LogP contribution in [0.5, 0.6) is 11.5 Å². The second kappa shape index (κ2) is 6.87. The van der Waals surface area contributed by atoms with E-state index in [0.717, 1.165) is 16.5 Å². The molecular formula is C18H17N3O3. The molecule has 1 amide bonds. The van der Waals surface area contributed by atoms with Gasteiger partial charge >= 0.3 is 0 Å². The van der Waals surface area contributed by atoms with Crippen LogP contribution in [0.1, 0.15) is 15.9 Å². The number of fused-ring (bicyclic) bond motifs is 1. The molecule has 0 aliphatic carbocycles. The maximum atomic E-state index is 12.2. The van der Waals surface area contributed by atoms with Crippen LogP contribution in [-0.4, -0.2) is 31.3 Å². The zero-order valence-corrected chi connectivity index (χ0v) is 13.4. The number of hydrogen-bond acceptors (Lipinski definition) is 4. The minimum absolute atomic E-state index is 0.327. The van der Waals surface area contributed by atoms with Crippen molar-refractivity contribution < 1.29 is 14.3 Å². The van der Waals surface area contributed by atoms with Crippen molar-refractivity contribution in [2.75, 3.05) is 14.2 Å². The first-order valence-corrected chi connectivity index (χ1v) is 7.34. The largest absolute Gasteiger partial charge is 0.493 e. The molecule has 122 valence electrons. The van der Waals surface area contributed by atoms with Crippen molar-refractivity contribution in [3.63, 3.8) is 0 Å². The molecule has 0 saturated heterocycles. The fraction of sp³-hybridized carbons (Fsp3) is 0.111. The fourth-order valence-corrected chi connectivity index (χ4v) is 2.40. The number of H-pyrrole nitrogens is 1. The Morgan fingerprint density at radius 1 is 1.12 bits per heavy atom. The Labute approximate surface area is 139 Å². The molecular weight excluding hydrogens is 306 g/mol. The van der Waals surface area contributed by atoms with E-state index < -0.39 is 0 Å². The number of carbonyl (C=O) groups excluding carboxylic acids is 1. The summed E-state index contributed by atoms with van der Waals surface area (Å²) in [6.45, 7) is 0. The van der Waals surface area contributed by atoms with Gasteiger partial charge in [-0.15, -0.1) is 0 Å². The number of nitrogens with zero attached hydrogens (tertiary/aromatic N) is 1. The number of hydrazone groups is 1. The Morgan fingerprint density at radius 3 is 2.71 bits per heavy atom. The fourth-order valence-electron chi connectivity index (χ4n) is 2.40. The van der Waals surface area contributed by atoms with E-state index in [1.54, 1.807) is 31.5 Å². The van der Waals surface area contributed by atoms with Crippen molar-refractivity contribution in [3.8, 4) is 11.5 Å². The lowest BCUT2D eigenvalue weighted by Crippen LogP contribution is -2.17. The van der Waals surface area contributed by atoms with Gasteiger partial charge in [0.2, 0.25) is 0 Å². The maximum Gasteiger partial charge on any atom is 0.271 e. The molecule has 0 fully saturated rings. The molecule has 0 aliphatic rings. The van der Waals surface area contributed by atoms with Crippen LogP contribution in [0.3, 0.4) is 0 Å². The quantitative estimate of drug-likeness (QED) is 0.560. The van der Waals surface area contributed by atoms with Gasteiger partial charge in [0, 0.05) is 28.2 Å². The number of hydrogen-bond donors (Lipinski definition) is 2. The molecule has 0 spiro atoms. The van der Waals surface area contributed by atoms with Crippen LogP contribution < -0.4 is 14.9 Å². The van der Waals surface area contributed by atoms with Gasteiger partial charge in [-0.1, -0.05) is 18.2 Å². The highest BCUT2D eigenvalue weighted by atomic mass is 16.5. The molecule has 24 heavy (non-hydrogen) atoms. The van der Waals surface area contributed by atoms with Gasteiger partial charge in [0.1, 0.15) is 0 Å². The van der Waals surface area contributed by atoms with Gasteiger partial charge in [0.25, 0.3) is 5.91 Å². The van der Waals surface area contributed by atoms with E-state index in [0.29, 0.717) is 17.1 Å². The van der Waals surface area contributed by atoms with Crippen LogP contribution in [0.25, 0.3) is 10.9 Å². The number of amides is 1. The lowest BCUT2D eigenvalue weighted by atomic mass is 10.2. The summed E-state index contributed by atoms with van der Waals surface area (Å²) in [5.74, 6) is 0.731. The van der Waals surface area contributed by atoms with Gasteiger partial charge in [0.15, 0.2) is 11.5 Å². The van der Waals surface area contributed by atoms with Crippen LogP contribution in [0, 0.1) is 0 Å². The number of rotatable bonds is 5. The van der Waals surface area contributed by atoms with Gasteiger partial charge in [-0.25, -0.2) is 5.43 Å². The molecule has 0 atom stereocenters. The molecule has 2 N–H and O–H groups in total. The monoisotopic (exact) mass is 323 g/mol. The first-order valence-electron chi connectivity index (χ1n) is 7.34. The first-order chi connectivity index (χ1) is 11.7. The van der Waals surface area contributed by atoms with E-state index >= 15 is 0 Å². The normalized spacial score (nSPS) is 10.9. The third-order valence-corrected chi connectivity index (χ3v) is 3.64. The molecule has 0 aliphatic heterocycles. The Hall–Kier alpha value is -3.28. The molecule has 0 saturated carbocycles. The van der Waals surface area contributed by atoms with Crippen molar-refractivity contribution >= 4 is 23.0 Å². The number of ether oxygens (including phenoxy) is 2. The summed E-state index contributed by atoms with van der Waals surface area (Å²) in [5, 5.41) is 5.06. The lowest BCUT2D eigenvalue weighted by Gasteiger charge is -2.08. The van der Waals surface area contributed by atoms with Gasteiger partial charge in [-0.2, -0.15) is 5.10 Å². The number of benzene rings is 2. The third kappa shape index (κ3) is 3.08. The Kier molecular flexibility index (Phi) is 4.47. The predicted octanol–water partition coefficient (Wildman–Crippen LogP) is 2.95. The van der Waals surface area contributed by atoms with E-state index in [-0.39, 0.29) is 5.91 Å². The predicted molar refractivity (Wildman–Crippen MR) is 92.9 cm³/mol. The van der Waals surface area contributed by atoms with Gasteiger partial charge in [-0.05, 0) is 24.3 Å². The van der Waals surface area contributed by atoms with E-state index in [1.807, 2.05) is 30.5 Å². The number of methoxy groups -OCH3 is 2. The van der Waals surface area contributed by atoms with E-state index in [9.17, 15) is 4.79 Å². The second-order valence-corrected chi connectivity index (χ2v) is 5.06. The van der Waals surface area contributed by atoms with Crippen LogP contribution in [0.4, 0.5) is 0 Å². The summed E-state index contributed by atoms with van der Waals surface area (Å²) in [6.07, 6.45) is 3.45. The molecule has 6 nitrogen and oxygen atoms in total. The third-order valence-electron chi connectivity index (χ3n) is 3.64. The van der Waals surface area contributed by atoms with Crippen molar-refractivity contribution in [2.24, 2.45) is 5.10 Å². The van der Waals surface area contributed by atoms with Crippen LogP contribution in [-0.2, 0) is 0 Å². The molecule has 3 rings (SSSR count). The summed E-state index contributed by atoms with van der Waals surface area (Å²) >= 11 is 0. The van der Waals surface area contributed by atoms with Gasteiger partial charge in [-0.3, -0.25) is 4.79 Å². The SMILES string of the molecule is COc1ccc(C(=O)N/N=C\c2c[nH]c3ccccc23)cc1OC. The molecule has 1 heterocycles. The highest BCUT2D eigenvalue weighted by Crippen LogP contribution is 2.27. The number of aromatic nitrogens is 1. The second-order valence-electron chi connectivity index (χ2n) is 5.06. The lowest BCUT2D eigenvalue weighted by molar-refractivity contribution is 0.0954. The summed E-state index contributed by atoms with van der Waals surface area (Å²) in [5.41, 5.74) is 4.86. The zero-order valence-electron chi connectivity index (χ0n) is 13.4. The highest BCUT2D eigenvalue weighted by molar-refractivity contribution is 6.00. The Morgan fingerprint density at radius 2 is 1.92 bits per heavy atom. The van der Waals surface area contributed by atoms with Crippen LogP contribution in [0.15, 0.2) is 53.8 Å². The standard InChI is InChI=1S/C18H17N3O3/c1-23-16-8-7-12(9-17(16)24-2)18(22)21-20-11-13-10-19-15-6-4-3-5-14(13)15/h3-11,19H,1-2H3,(H,21,22)/b20-11-. The Bertz CT molecular complexity index is 899. The number of para-hydroxylation sites is 1.